The number of hydrogen-bond acceptors (Lipinski definition) is 7. The highest BCUT2D eigenvalue weighted by atomic mass is 32.2. The quantitative estimate of drug-likeness (QED) is 0.297. The van der Waals surface area contributed by atoms with Gasteiger partial charge in [-0.3, -0.25) is 4.79 Å². The van der Waals surface area contributed by atoms with E-state index in [1.165, 1.54) is 26.2 Å². The lowest BCUT2D eigenvalue weighted by atomic mass is 10.1. The third-order valence-electron chi connectivity index (χ3n) is 5.64. The number of hydrogen-bond donors (Lipinski definition) is 0. The lowest BCUT2D eigenvalue weighted by Crippen LogP contribution is -2.42. The first kappa shape index (κ1) is 30.1. The molecule has 0 aliphatic rings. The number of aromatic nitrogens is 1. The molecule has 0 radical (unpaired) electrons. The van der Waals surface area contributed by atoms with Crippen molar-refractivity contribution in [1.82, 2.24) is 13.6 Å². The summed E-state index contributed by atoms with van der Waals surface area (Å²) in [6.07, 6.45) is -4.02. The smallest absolute Gasteiger partial charge is 0.416 e. The standard InChI is InChI=1S/C26H30F3N3O6S/c1-5-36-24(33)17-32(39(34,35)31(3)4)16-19-6-12-22(13-7-19)37-15-14-23-18(2)38-25(30-23)20-8-10-21(11-9-20)26(27,28)29/h6-13H,5,14-17H2,1-4H3. The molecule has 0 unspecified atom stereocenters. The topological polar surface area (TPSA) is 102 Å². The van der Waals surface area contributed by atoms with Crippen LogP contribution in [0.15, 0.2) is 52.9 Å². The van der Waals surface area contributed by atoms with Crippen LogP contribution in [-0.4, -0.2) is 61.8 Å². The molecule has 1 aromatic heterocycles. The summed E-state index contributed by atoms with van der Waals surface area (Å²) < 4.78 is 82.1. The van der Waals surface area contributed by atoms with Crippen LogP contribution in [0.2, 0.25) is 0 Å². The van der Waals surface area contributed by atoms with E-state index in [2.05, 4.69) is 4.98 Å². The minimum Gasteiger partial charge on any atom is -0.493 e. The molecule has 212 valence electrons. The van der Waals surface area contributed by atoms with E-state index in [9.17, 15) is 26.4 Å². The van der Waals surface area contributed by atoms with Crippen LogP contribution >= 0.6 is 0 Å². The molecule has 0 spiro atoms. The zero-order chi connectivity index (χ0) is 28.8. The lowest BCUT2D eigenvalue weighted by molar-refractivity contribution is -0.143. The van der Waals surface area contributed by atoms with Crippen LogP contribution in [0.1, 0.15) is 29.5 Å². The Morgan fingerprint density at radius 1 is 1.05 bits per heavy atom. The average molecular weight is 570 g/mol. The van der Waals surface area contributed by atoms with Gasteiger partial charge in [-0.05, 0) is 55.8 Å². The number of oxazole rings is 1. The van der Waals surface area contributed by atoms with E-state index in [1.807, 2.05) is 0 Å². The largest absolute Gasteiger partial charge is 0.493 e. The first-order chi connectivity index (χ1) is 18.3. The Hall–Kier alpha value is -3.42. The number of ether oxygens (including phenoxy) is 2. The van der Waals surface area contributed by atoms with Gasteiger partial charge in [0.2, 0.25) is 5.89 Å². The molecule has 13 heteroatoms. The fourth-order valence-corrected chi connectivity index (χ4v) is 4.59. The van der Waals surface area contributed by atoms with Gasteiger partial charge in [0.05, 0.1) is 24.5 Å². The molecule has 0 fully saturated rings. The molecule has 0 aliphatic heterocycles. The highest BCUT2D eigenvalue weighted by molar-refractivity contribution is 7.86. The van der Waals surface area contributed by atoms with Gasteiger partial charge < -0.3 is 13.9 Å². The molecule has 0 amide bonds. The molecule has 1 heterocycles. The number of benzene rings is 2. The zero-order valence-corrected chi connectivity index (χ0v) is 22.8. The molecule has 0 bridgehead atoms. The van der Waals surface area contributed by atoms with E-state index in [1.54, 1.807) is 38.1 Å². The summed E-state index contributed by atoms with van der Waals surface area (Å²) in [5, 5.41) is 0. The van der Waals surface area contributed by atoms with E-state index >= 15 is 0 Å². The first-order valence-corrected chi connectivity index (χ1v) is 13.4. The van der Waals surface area contributed by atoms with Crippen LogP contribution in [0.5, 0.6) is 5.75 Å². The van der Waals surface area contributed by atoms with Crippen molar-refractivity contribution in [2.24, 2.45) is 0 Å². The van der Waals surface area contributed by atoms with Crippen molar-refractivity contribution in [2.45, 2.75) is 33.0 Å². The van der Waals surface area contributed by atoms with Crippen molar-refractivity contribution >= 4 is 16.2 Å². The predicted octanol–water partition coefficient (Wildman–Crippen LogP) is 4.46. The summed E-state index contributed by atoms with van der Waals surface area (Å²) in [5.74, 6) is 0.649. The van der Waals surface area contributed by atoms with Gasteiger partial charge in [0.15, 0.2) is 0 Å². The Labute approximate surface area is 225 Å². The van der Waals surface area contributed by atoms with Gasteiger partial charge in [0.1, 0.15) is 18.1 Å². The fourth-order valence-electron chi connectivity index (χ4n) is 3.55. The van der Waals surface area contributed by atoms with Crippen molar-refractivity contribution in [3.63, 3.8) is 0 Å². The van der Waals surface area contributed by atoms with Gasteiger partial charge in [-0.25, -0.2) is 4.98 Å². The van der Waals surface area contributed by atoms with Gasteiger partial charge in [-0.1, -0.05) is 12.1 Å². The molecule has 0 saturated heterocycles. The summed E-state index contributed by atoms with van der Waals surface area (Å²) in [7, 11) is -1.10. The Bertz CT molecular complexity index is 1360. The second-order valence-electron chi connectivity index (χ2n) is 8.70. The number of nitrogens with zero attached hydrogens (tertiary/aromatic N) is 3. The summed E-state index contributed by atoms with van der Waals surface area (Å²) in [5.41, 5.74) is 0.943. The van der Waals surface area contributed by atoms with E-state index in [-0.39, 0.29) is 25.6 Å². The Morgan fingerprint density at radius 2 is 1.69 bits per heavy atom. The van der Waals surface area contributed by atoms with Crippen molar-refractivity contribution < 1.29 is 40.3 Å². The second-order valence-corrected chi connectivity index (χ2v) is 10.8. The number of aryl methyl sites for hydroxylation is 1. The highest BCUT2D eigenvalue weighted by Crippen LogP contribution is 2.31. The molecule has 3 aromatic rings. The number of esters is 1. The molecule has 3 rings (SSSR count). The van der Waals surface area contributed by atoms with Crippen LogP contribution in [0.4, 0.5) is 13.2 Å². The third kappa shape index (κ3) is 8.04. The predicted molar refractivity (Wildman–Crippen MR) is 137 cm³/mol. The third-order valence-corrected chi connectivity index (χ3v) is 7.47. The first-order valence-electron chi connectivity index (χ1n) is 12.0. The van der Waals surface area contributed by atoms with Crippen molar-refractivity contribution in [1.29, 1.82) is 0 Å². The number of carbonyl (C=O) groups is 1. The van der Waals surface area contributed by atoms with E-state index in [0.717, 1.165) is 20.7 Å². The van der Waals surface area contributed by atoms with Gasteiger partial charge in [0, 0.05) is 32.6 Å². The molecule has 0 atom stereocenters. The van der Waals surface area contributed by atoms with Crippen LogP contribution in [0.25, 0.3) is 11.5 Å². The average Bonchev–Trinajstić information content (AvgIpc) is 3.24. The maximum atomic E-state index is 12.8. The van der Waals surface area contributed by atoms with Crippen LogP contribution < -0.4 is 4.74 Å². The van der Waals surface area contributed by atoms with E-state index in [0.29, 0.717) is 34.8 Å². The summed E-state index contributed by atoms with van der Waals surface area (Å²) in [6.45, 7) is 3.30. The summed E-state index contributed by atoms with van der Waals surface area (Å²) >= 11 is 0. The molecule has 39 heavy (non-hydrogen) atoms. The van der Waals surface area contributed by atoms with Crippen molar-refractivity contribution in [3.05, 3.63) is 71.1 Å². The second kappa shape index (κ2) is 12.6. The zero-order valence-electron chi connectivity index (χ0n) is 22.0. The van der Waals surface area contributed by atoms with E-state index in [4.69, 9.17) is 13.9 Å². The number of halogens is 3. The van der Waals surface area contributed by atoms with Gasteiger partial charge in [0.25, 0.3) is 10.2 Å². The maximum absolute atomic E-state index is 12.8. The Balaban J connectivity index is 1.60. The SMILES string of the molecule is CCOC(=O)CN(Cc1ccc(OCCc2nc(-c3ccc(C(F)(F)F)cc3)oc2C)cc1)S(=O)(=O)N(C)C. The maximum Gasteiger partial charge on any atom is 0.416 e. The van der Waals surface area contributed by atoms with Gasteiger partial charge in [-0.15, -0.1) is 0 Å². The van der Waals surface area contributed by atoms with Crippen LogP contribution in [0, 0.1) is 6.92 Å². The normalized spacial score (nSPS) is 12.2. The van der Waals surface area contributed by atoms with Gasteiger partial charge in [-0.2, -0.15) is 30.2 Å². The monoisotopic (exact) mass is 569 g/mol. The van der Waals surface area contributed by atoms with Crippen LogP contribution in [0.3, 0.4) is 0 Å². The van der Waals surface area contributed by atoms with Gasteiger partial charge >= 0.3 is 12.1 Å². The minimum atomic E-state index is -4.42. The molecule has 0 saturated carbocycles. The molecule has 9 nitrogen and oxygen atoms in total. The fraction of sp³-hybridized carbons (Fsp3) is 0.385. The van der Waals surface area contributed by atoms with E-state index < -0.39 is 34.5 Å². The minimum absolute atomic E-state index is 0.0372. The Morgan fingerprint density at radius 3 is 2.26 bits per heavy atom. The number of carbonyl (C=O) groups excluding carboxylic acids is 1. The molecule has 0 N–H and O–H groups in total. The van der Waals surface area contributed by atoms with Crippen LogP contribution in [-0.2, 0) is 38.9 Å². The highest BCUT2D eigenvalue weighted by Gasteiger charge is 2.30. The Kier molecular flexibility index (Phi) is 9.75. The molecular formula is C26H30F3N3O6S. The number of alkyl halides is 3. The van der Waals surface area contributed by atoms with Crippen molar-refractivity contribution in [3.8, 4) is 17.2 Å². The van der Waals surface area contributed by atoms with Crippen molar-refractivity contribution in [2.75, 3.05) is 33.9 Å². The summed E-state index contributed by atoms with van der Waals surface area (Å²) in [6, 6.07) is 11.3. The molecule has 0 aliphatic carbocycles. The lowest BCUT2D eigenvalue weighted by Gasteiger charge is -2.24. The summed E-state index contributed by atoms with van der Waals surface area (Å²) in [4.78, 5) is 16.3. The molecule has 2 aromatic carbocycles. The number of rotatable bonds is 12. The molecular weight excluding hydrogens is 539 g/mol.